The van der Waals surface area contributed by atoms with Gasteiger partial charge in [0.15, 0.2) is 0 Å². The number of ether oxygens (including phenoxy) is 1. The van der Waals surface area contributed by atoms with E-state index in [-0.39, 0.29) is 19.0 Å². The maximum Gasteiger partial charge on any atom is 0.364 e. The van der Waals surface area contributed by atoms with Crippen LogP contribution in [0.2, 0.25) is 0 Å². The Morgan fingerprint density at radius 3 is 2.06 bits per heavy atom. The molecule has 1 N–H and O–H groups in total. The van der Waals surface area contributed by atoms with Gasteiger partial charge in [-0.25, -0.2) is 13.9 Å². The molecule has 0 radical (unpaired) electrons. The Hall–Kier alpha value is -3.84. The van der Waals surface area contributed by atoms with Crippen LogP contribution in [0.3, 0.4) is 0 Å². The smallest absolute Gasteiger partial charge is 0.364 e. The van der Waals surface area contributed by atoms with Gasteiger partial charge in [0.25, 0.3) is 0 Å². The summed E-state index contributed by atoms with van der Waals surface area (Å²) in [4.78, 5) is 16.9. The maximum absolute atomic E-state index is 13.0. The maximum atomic E-state index is 13.0. The van der Waals surface area contributed by atoms with E-state index in [0.29, 0.717) is 17.1 Å². The summed E-state index contributed by atoms with van der Waals surface area (Å²) in [6.45, 7) is -0.178. The van der Waals surface area contributed by atoms with Gasteiger partial charge in [0.1, 0.15) is 35.7 Å². The highest BCUT2D eigenvalue weighted by Gasteiger charge is 2.16. The van der Waals surface area contributed by atoms with Gasteiger partial charge in [0.05, 0.1) is 6.54 Å². The van der Waals surface area contributed by atoms with Crippen molar-refractivity contribution in [1.82, 2.24) is 14.8 Å². The van der Waals surface area contributed by atoms with Crippen molar-refractivity contribution in [2.24, 2.45) is 0 Å². The molecular weight excluding hydrogens is 397 g/mol. The Labute approximate surface area is 178 Å². The molecule has 3 aromatic carbocycles. The van der Waals surface area contributed by atoms with Crippen LogP contribution >= 0.6 is 0 Å². The van der Waals surface area contributed by atoms with Crippen molar-refractivity contribution in [2.45, 2.75) is 12.6 Å². The van der Waals surface area contributed by atoms with E-state index in [4.69, 9.17) is 4.74 Å². The fourth-order valence-corrected chi connectivity index (χ4v) is 3.10. The van der Waals surface area contributed by atoms with Crippen LogP contribution in [-0.2, 0) is 6.54 Å². The van der Waals surface area contributed by atoms with Crippen molar-refractivity contribution in [3.63, 3.8) is 0 Å². The van der Waals surface area contributed by atoms with E-state index < -0.39 is 11.8 Å². The molecular formula is C24H20FN3O3. The van der Waals surface area contributed by atoms with Crippen molar-refractivity contribution in [1.29, 1.82) is 0 Å². The highest BCUT2D eigenvalue weighted by atomic mass is 19.1. The van der Waals surface area contributed by atoms with Crippen LogP contribution in [0.25, 0.3) is 22.5 Å². The van der Waals surface area contributed by atoms with Crippen molar-refractivity contribution in [2.75, 3.05) is 6.61 Å². The van der Waals surface area contributed by atoms with Crippen LogP contribution in [0.1, 0.15) is 0 Å². The molecule has 0 unspecified atom stereocenters. The van der Waals surface area contributed by atoms with Gasteiger partial charge in [0.2, 0.25) is 0 Å². The third-order valence-corrected chi connectivity index (χ3v) is 4.61. The van der Waals surface area contributed by atoms with Gasteiger partial charge in [0, 0.05) is 11.1 Å². The highest BCUT2D eigenvalue weighted by molar-refractivity contribution is 5.77. The molecule has 0 aliphatic heterocycles. The minimum Gasteiger partial charge on any atom is -0.491 e. The van der Waals surface area contributed by atoms with Crippen molar-refractivity contribution < 1.29 is 14.2 Å². The number of hydrogen-bond donors (Lipinski definition) is 1. The summed E-state index contributed by atoms with van der Waals surface area (Å²) < 4.78 is 19.6. The van der Waals surface area contributed by atoms with E-state index in [0.717, 1.165) is 15.8 Å². The first-order valence-electron chi connectivity index (χ1n) is 9.76. The van der Waals surface area contributed by atoms with E-state index in [9.17, 15) is 14.3 Å². The predicted octanol–water partition coefficient (Wildman–Crippen LogP) is 3.55. The second kappa shape index (κ2) is 9.32. The molecule has 0 bridgehead atoms. The monoisotopic (exact) mass is 417 g/mol. The summed E-state index contributed by atoms with van der Waals surface area (Å²) in [5.41, 5.74) is 2.03. The average Bonchev–Trinajstić information content (AvgIpc) is 2.81. The molecule has 4 rings (SSSR count). The lowest BCUT2D eigenvalue weighted by atomic mass is 10.0. The van der Waals surface area contributed by atoms with Gasteiger partial charge in [-0.1, -0.05) is 60.7 Å². The van der Waals surface area contributed by atoms with Gasteiger partial charge >= 0.3 is 5.69 Å². The molecule has 0 aliphatic carbocycles. The summed E-state index contributed by atoms with van der Waals surface area (Å²) in [5, 5.41) is 14.9. The highest BCUT2D eigenvalue weighted by Crippen LogP contribution is 2.27. The number of aromatic nitrogens is 3. The number of hydrogen-bond acceptors (Lipinski definition) is 5. The molecule has 0 aliphatic rings. The number of rotatable bonds is 7. The fourth-order valence-electron chi connectivity index (χ4n) is 3.10. The second-order valence-corrected chi connectivity index (χ2v) is 6.92. The van der Waals surface area contributed by atoms with Crippen molar-refractivity contribution in [3.8, 4) is 28.3 Å². The SMILES string of the molecule is O=c1nc(-c2ccccc2)c(-c2ccccc2)nn1C[C@H](O)COc1ccc(F)cc1. The third-order valence-electron chi connectivity index (χ3n) is 4.61. The molecule has 0 amide bonds. The van der Waals surface area contributed by atoms with Crippen LogP contribution in [0.4, 0.5) is 4.39 Å². The number of nitrogens with zero attached hydrogens (tertiary/aromatic N) is 3. The molecule has 156 valence electrons. The molecule has 1 atom stereocenters. The lowest BCUT2D eigenvalue weighted by Crippen LogP contribution is -2.34. The molecule has 1 heterocycles. The molecule has 7 heteroatoms. The predicted molar refractivity (Wildman–Crippen MR) is 115 cm³/mol. The van der Waals surface area contributed by atoms with Crippen LogP contribution in [0.15, 0.2) is 89.7 Å². The number of benzene rings is 3. The zero-order valence-corrected chi connectivity index (χ0v) is 16.6. The van der Waals surface area contributed by atoms with Gasteiger partial charge in [-0.05, 0) is 24.3 Å². The molecule has 4 aromatic rings. The zero-order chi connectivity index (χ0) is 21.6. The molecule has 0 saturated heterocycles. The normalized spacial score (nSPS) is 11.8. The van der Waals surface area contributed by atoms with E-state index in [1.54, 1.807) is 0 Å². The molecule has 31 heavy (non-hydrogen) atoms. The molecule has 0 spiro atoms. The largest absolute Gasteiger partial charge is 0.491 e. The lowest BCUT2D eigenvalue weighted by Gasteiger charge is -2.15. The average molecular weight is 417 g/mol. The Balaban J connectivity index is 1.61. The molecule has 6 nitrogen and oxygen atoms in total. The van der Waals surface area contributed by atoms with Gasteiger partial charge in [-0.15, -0.1) is 0 Å². The summed E-state index contributed by atoms with van der Waals surface area (Å²) in [5.74, 6) is 0.0463. The van der Waals surface area contributed by atoms with Crippen LogP contribution in [0, 0.1) is 5.82 Å². The first-order valence-corrected chi connectivity index (χ1v) is 9.76. The number of aliphatic hydroxyl groups is 1. The first kappa shape index (κ1) is 20.4. The summed E-state index contributed by atoms with van der Waals surface area (Å²) in [6.07, 6.45) is -1.01. The number of aliphatic hydroxyl groups excluding tert-OH is 1. The minimum absolute atomic E-state index is 0.0825. The second-order valence-electron chi connectivity index (χ2n) is 6.92. The minimum atomic E-state index is -1.01. The van der Waals surface area contributed by atoms with Crippen molar-refractivity contribution >= 4 is 0 Å². The summed E-state index contributed by atoms with van der Waals surface area (Å²) in [7, 11) is 0. The van der Waals surface area contributed by atoms with E-state index >= 15 is 0 Å². The Bertz CT molecular complexity index is 1200. The van der Waals surface area contributed by atoms with E-state index in [2.05, 4.69) is 10.1 Å². The quantitative estimate of drug-likeness (QED) is 0.498. The summed E-state index contributed by atoms with van der Waals surface area (Å²) >= 11 is 0. The Morgan fingerprint density at radius 2 is 1.45 bits per heavy atom. The molecule has 0 saturated carbocycles. The van der Waals surface area contributed by atoms with Gasteiger partial charge in [-0.3, -0.25) is 0 Å². The Morgan fingerprint density at radius 1 is 0.871 bits per heavy atom. The number of halogens is 1. The molecule has 1 aromatic heterocycles. The van der Waals surface area contributed by atoms with Crippen LogP contribution in [-0.4, -0.2) is 32.6 Å². The third kappa shape index (κ3) is 5.02. The molecule has 0 fully saturated rings. The standard InChI is InChI=1S/C24H20FN3O3/c25-19-11-13-21(14-12-19)31-16-20(29)15-28-24(30)26-22(17-7-3-1-4-8-17)23(27-28)18-9-5-2-6-10-18/h1-14,20,29H,15-16H2/t20-/m0/s1. The van der Waals surface area contributed by atoms with E-state index in [1.165, 1.54) is 24.3 Å². The fraction of sp³-hybridized carbons (Fsp3) is 0.125. The first-order chi connectivity index (χ1) is 15.1. The van der Waals surface area contributed by atoms with Gasteiger partial charge < -0.3 is 9.84 Å². The van der Waals surface area contributed by atoms with Gasteiger partial charge in [-0.2, -0.15) is 10.1 Å². The van der Waals surface area contributed by atoms with E-state index in [1.807, 2.05) is 60.7 Å². The summed E-state index contributed by atoms with van der Waals surface area (Å²) in [6, 6.07) is 24.3. The Kier molecular flexibility index (Phi) is 6.14. The van der Waals surface area contributed by atoms with Crippen LogP contribution < -0.4 is 10.4 Å². The zero-order valence-electron chi connectivity index (χ0n) is 16.6. The lowest BCUT2D eigenvalue weighted by molar-refractivity contribution is 0.0876. The van der Waals surface area contributed by atoms with Crippen LogP contribution in [0.5, 0.6) is 5.75 Å². The topological polar surface area (TPSA) is 77.2 Å². The van der Waals surface area contributed by atoms with Crippen molar-refractivity contribution in [3.05, 3.63) is 101 Å².